The first kappa shape index (κ1) is 5.69. The van der Waals surface area contributed by atoms with Crippen molar-refractivity contribution < 1.29 is 4.92 Å². The second-order valence-electron chi connectivity index (χ2n) is 1.32. The van der Waals surface area contributed by atoms with Crippen LogP contribution in [0.5, 0.6) is 0 Å². The van der Waals surface area contributed by atoms with Gasteiger partial charge in [0.05, 0.1) is 4.92 Å². The summed E-state index contributed by atoms with van der Waals surface area (Å²) in [7, 11) is 0. The fourth-order valence-electron chi connectivity index (χ4n) is 0.265. The highest BCUT2D eigenvalue weighted by Gasteiger charge is 2.41. The van der Waals surface area contributed by atoms with Crippen molar-refractivity contribution in [1.29, 1.82) is 0 Å². The number of hydrogen-bond donors (Lipinski definition) is 1. The quantitative estimate of drug-likeness (QED) is 0.297. The highest BCUT2D eigenvalue weighted by atomic mass is 16.6. The molecule has 1 heterocycles. The Balaban J connectivity index is 2.88. The Hall–Kier alpha value is -1.44. The van der Waals surface area contributed by atoms with Crippen molar-refractivity contribution in [2.75, 3.05) is 0 Å². The normalized spacial score (nSPS) is 20.6. The smallest absolute Gasteiger partial charge is 0.259 e. The molecule has 0 unspecified atom stereocenters. The van der Waals surface area contributed by atoms with E-state index >= 15 is 0 Å². The zero-order chi connectivity index (χ0) is 6.91. The molecule has 1 rings (SSSR count). The van der Waals surface area contributed by atoms with E-state index in [1.54, 1.807) is 0 Å². The van der Waals surface area contributed by atoms with Gasteiger partial charge in [-0.3, -0.25) is 10.1 Å². The summed E-state index contributed by atoms with van der Waals surface area (Å²) >= 11 is 0. The topological polar surface area (TPSA) is 119 Å². The second kappa shape index (κ2) is 1.52. The maximum Gasteiger partial charge on any atom is 0.511 e. The maximum absolute atomic E-state index is 9.90. The van der Waals surface area contributed by atoms with Crippen molar-refractivity contribution in [3.63, 3.8) is 0 Å². The van der Waals surface area contributed by atoms with Crippen molar-refractivity contribution in [3.8, 4) is 0 Å². The van der Waals surface area contributed by atoms with Gasteiger partial charge in [-0.25, -0.2) is 5.73 Å². The standard InChI is InChI=1S/CH2N6O2/c2-1(7(8)9)3-5-6-4-1/h2H2. The second-order valence-corrected chi connectivity index (χ2v) is 1.32. The molecule has 8 heteroatoms. The van der Waals surface area contributed by atoms with Gasteiger partial charge >= 0.3 is 5.91 Å². The van der Waals surface area contributed by atoms with Crippen LogP contribution >= 0.6 is 0 Å². The third kappa shape index (κ3) is 0.742. The molecule has 0 aromatic rings. The molecule has 8 nitrogen and oxygen atoms in total. The third-order valence-electron chi connectivity index (χ3n) is 0.693. The predicted molar refractivity (Wildman–Crippen MR) is 23.6 cm³/mol. The van der Waals surface area contributed by atoms with Crippen molar-refractivity contribution in [1.82, 2.24) is 0 Å². The summed E-state index contributed by atoms with van der Waals surface area (Å²) in [5.41, 5.74) is 4.88. The molecule has 1 aliphatic rings. The monoisotopic (exact) mass is 130 g/mol. The molecular weight excluding hydrogens is 128 g/mol. The summed E-state index contributed by atoms with van der Waals surface area (Å²) in [6.07, 6.45) is 0. The average Bonchev–Trinajstić information content (AvgIpc) is 2.16. The van der Waals surface area contributed by atoms with Crippen LogP contribution in [0.1, 0.15) is 0 Å². The molecule has 0 saturated heterocycles. The Morgan fingerprint density at radius 3 is 2.11 bits per heavy atom. The lowest BCUT2D eigenvalue weighted by Crippen LogP contribution is -2.42. The van der Waals surface area contributed by atoms with E-state index in [0.29, 0.717) is 0 Å². The molecule has 0 saturated carbocycles. The van der Waals surface area contributed by atoms with Gasteiger partial charge in [-0.15, -0.1) is 0 Å². The van der Waals surface area contributed by atoms with Gasteiger partial charge in [0.1, 0.15) is 0 Å². The van der Waals surface area contributed by atoms with Crippen molar-refractivity contribution in [2.24, 2.45) is 26.4 Å². The van der Waals surface area contributed by atoms with E-state index < -0.39 is 10.8 Å². The van der Waals surface area contributed by atoms with E-state index in [9.17, 15) is 10.1 Å². The molecule has 0 atom stereocenters. The highest BCUT2D eigenvalue weighted by molar-refractivity contribution is 4.61. The van der Waals surface area contributed by atoms with E-state index in [2.05, 4.69) is 20.7 Å². The van der Waals surface area contributed by atoms with Crippen molar-refractivity contribution >= 4 is 0 Å². The fraction of sp³-hybridized carbons (Fsp3) is 1.00. The molecule has 0 amide bonds. The van der Waals surface area contributed by atoms with Gasteiger partial charge in [0.15, 0.2) is 0 Å². The van der Waals surface area contributed by atoms with E-state index in [1.165, 1.54) is 0 Å². The zero-order valence-electron chi connectivity index (χ0n) is 4.13. The predicted octanol–water partition coefficient (Wildman–Crippen LogP) is -0.334. The Kier molecular flexibility index (Phi) is 0.960. The van der Waals surface area contributed by atoms with Crippen LogP contribution in [0.15, 0.2) is 20.7 Å². The first-order valence-corrected chi connectivity index (χ1v) is 1.92. The molecule has 0 radical (unpaired) electrons. The first-order chi connectivity index (χ1) is 4.15. The largest absolute Gasteiger partial charge is 0.511 e. The van der Waals surface area contributed by atoms with Crippen LogP contribution in [0.4, 0.5) is 0 Å². The molecule has 0 aliphatic carbocycles. The third-order valence-corrected chi connectivity index (χ3v) is 0.693. The molecule has 1 aliphatic heterocycles. The van der Waals surface area contributed by atoms with Gasteiger partial charge in [0.25, 0.3) is 0 Å². The summed E-state index contributed by atoms with van der Waals surface area (Å²) in [6, 6.07) is 0. The van der Waals surface area contributed by atoms with Gasteiger partial charge in [0, 0.05) is 0 Å². The molecule has 0 aromatic heterocycles. The lowest BCUT2D eigenvalue weighted by molar-refractivity contribution is -0.565. The Morgan fingerprint density at radius 1 is 1.44 bits per heavy atom. The van der Waals surface area contributed by atoms with Crippen LogP contribution in [0, 0.1) is 10.1 Å². The minimum atomic E-state index is -2.17. The van der Waals surface area contributed by atoms with Gasteiger partial charge < -0.3 is 0 Å². The molecule has 9 heavy (non-hydrogen) atoms. The van der Waals surface area contributed by atoms with Crippen molar-refractivity contribution in [2.45, 2.75) is 5.91 Å². The Bertz CT molecular complexity index is 181. The molecule has 0 spiro atoms. The average molecular weight is 130 g/mol. The van der Waals surface area contributed by atoms with Crippen LogP contribution < -0.4 is 5.73 Å². The van der Waals surface area contributed by atoms with Gasteiger partial charge in [0.2, 0.25) is 0 Å². The minimum absolute atomic E-state index is 0.882. The Labute approximate surface area is 48.6 Å². The number of hydrogen-bond acceptors (Lipinski definition) is 7. The number of nitrogens with zero attached hydrogens (tertiary/aromatic N) is 5. The Morgan fingerprint density at radius 2 is 1.89 bits per heavy atom. The number of rotatable bonds is 1. The van der Waals surface area contributed by atoms with Crippen molar-refractivity contribution in [3.05, 3.63) is 10.1 Å². The summed E-state index contributed by atoms with van der Waals surface area (Å²) in [5, 5.41) is 21.5. The van der Waals surface area contributed by atoms with Crippen LogP contribution in [-0.2, 0) is 0 Å². The SMILES string of the molecule is NC1([N+](=O)[O-])N=NN=N1. The maximum atomic E-state index is 9.90. The van der Waals surface area contributed by atoms with E-state index in [-0.39, 0.29) is 0 Å². The number of nitrogens with two attached hydrogens (primary N) is 1. The van der Waals surface area contributed by atoms with Crippen LogP contribution in [-0.4, -0.2) is 10.8 Å². The fourth-order valence-corrected chi connectivity index (χ4v) is 0.265. The summed E-state index contributed by atoms with van der Waals surface area (Å²) < 4.78 is 0. The molecule has 48 valence electrons. The van der Waals surface area contributed by atoms with Gasteiger partial charge in [-0.2, -0.15) is 0 Å². The molecular formula is CH2N6O2. The lowest BCUT2D eigenvalue weighted by Gasteiger charge is -1.99. The molecule has 0 fully saturated rings. The van der Waals surface area contributed by atoms with E-state index in [0.717, 1.165) is 0 Å². The lowest BCUT2D eigenvalue weighted by atomic mass is 10.7. The molecule has 0 bridgehead atoms. The zero-order valence-corrected chi connectivity index (χ0v) is 4.13. The van der Waals surface area contributed by atoms with Crippen LogP contribution in [0.2, 0.25) is 0 Å². The number of nitro groups is 1. The molecule has 0 aromatic carbocycles. The summed E-state index contributed by atoms with van der Waals surface area (Å²) in [6.45, 7) is 0. The van der Waals surface area contributed by atoms with Gasteiger partial charge in [-0.1, -0.05) is 0 Å². The summed E-state index contributed by atoms with van der Waals surface area (Å²) in [5.74, 6) is -2.17. The minimum Gasteiger partial charge on any atom is -0.259 e. The molecule has 2 N–H and O–H groups in total. The van der Waals surface area contributed by atoms with Crippen LogP contribution in [0.3, 0.4) is 0 Å². The van der Waals surface area contributed by atoms with Gasteiger partial charge in [-0.05, 0) is 20.7 Å². The van der Waals surface area contributed by atoms with E-state index in [4.69, 9.17) is 5.73 Å². The van der Waals surface area contributed by atoms with Crippen LogP contribution in [0.25, 0.3) is 0 Å². The summed E-state index contributed by atoms with van der Waals surface area (Å²) in [4.78, 5) is 9.01. The highest BCUT2D eigenvalue weighted by Crippen LogP contribution is 2.12. The first-order valence-electron chi connectivity index (χ1n) is 1.92. The van der Waals surface area contributed by atoms with E-state index in [1.807, 2.05) is 0 Å².